The van der Waals surface area contributed by atoms with E-state index in [2.05, 4.69) is 18.2 Å². The molecular formula is C15H20O2. The summed E-state index contributed by atoms with van der Waals surface area (Å²) in [5.41, 5.74) is 2.80. The summed E-state index contributed by atoms with van der Waals surface area (Å²) < 4.78 is 10.3. The van der Waals surface area contributed by atoms with Gasteiger partial charge in [-0.05, 0) is 43.4 Å². The van der Waals surface area contributed by atoms with Gasteiger partial charge in [-0.1, -0.05) is 30.2 Å². The summed E-state index contributed by atoms with van der Waals surface area (Å²) in [6, 6.07) is 8.18. The van der Waals surface area contributed by atoms with Crippen LogP contribution in [0.15, 0.2) is 29.8 Å². The molecule has 1 aromatic carbocycles. The Kier molecular flexibility index (Phi) is 4.63. The molecule has 0 heterocycles. The van der Waals surface area contributed by atoms with E-state index in [-0.39, 0.29) is 0 Å². The van der Waals surface area contributed by atoms with Crippen molar-refractivity contribution in [3.05, 3.63) is 35.4 Å². The second-order valence-corrected chi connectivity index (χ2v) is 4.49. The molecule has 0 saturated heterocycles. The molecule has 1 saturated carbocycles. The van der Waals surface area contributed by atoms with Crippen LogP contribution in [0.25, 0.3) is 6.08 Å². The lowest BCUT2D eigenvalue weighted by Gasteiger charge is -2.13. The molecule has 1 aromatic rings. The van der Waals surface area contributed by atoms with Crippen LogP contribution in [0.5, 0.6) is 5.75 Å². The van der Waals surface area contributed by atoms with Crippen LogP contribution in [0, 0.1) is 0 Å². The minimum Gasteiger partial charge on any atom is -0.468 e. The molecule has 0 amide bonds. The van der Waals surface area contributed by atoms with Gasteiger partial charge in [0.1, 0.15) is 5.75 Å². The lowest BCUT2D eigenvalue weighted by molar-refractivity contribution is 0.0511. The summed E-state index contributed by atoms with van der Waals surface area (Å²) in [5, 5.41) is 0. The minimum absolute atomic E-state index is 0.306. The fourth-order valence-electron chi connectivity index (χ4n) is 2.21. The zero-order chi connectivity index (χ0) is 11.9. The first-order chi connectivity index (χ1) is 8.38. The molecule has 2 rings (SSSR count). The molecule has 0 unspecified atom stereocenters. The van der Waals surface area contributed by atoms with E-state index in [1.54, 1.807) is 12.7 Å². The molecule has 17 heavy (non-hydrogen) atoms. The standard InChI is InChI=1S/C15H20O2/c1-16-12-17-15-9-5-8-14(11-15)10-13-6-3-2-4-7-13/h5,8-11H,2-4,6-7,12H2,1H3. The maximum Gasteiger partial charge on any atom is 0.188 e. The number of ether oxygens (including phenoxy) is 2. The van der Waals surface area contributed by atoms with E-state index in [1.165, 1.54) is 37.7 Å². The van der Waals surface area contributed by atoms with Gasteiger partial charge in [0, 0.05) is 7.11 Å². The molecule has 2 nitrogen and oxygen atoms in total. The topological polar surface area (TPSA) is 18.5 Å². The fraction of sp³-hybridized carbons (Fsp3) is 0.467. The highest BCUT2D eigenvalue weighted by molar-refractivity contribution is 5.55. The normalized spacial score (nSPS) is 15.7. The van der Waals surface area contributed by atoms with Crippen LogP contribution < -0.4 is 4.74 Å². The van der Waals surface area contributed by atoms with Gasteiger partial charge >= 0.3 is 0 Å². The smallest absolute Gasteiger partial charge is 0.188 e. The lowest BCUT2D eigenvalue weighted by atomic mass is 9.93. The Labute approximate surface area is 103 Å². The van der Waals surface area contributed by atoms with Gasteiger partial charge in [0.2, 0.25) is 0 Å². The third-order valence-corrected chi connectivity index (χ3v) is 3.07. The summed E-state index contributed by atoms with van der Waals surface area (Å²) in [7, 11) is 1.63. The average Bonchev–Trinajstić information content (AvgIpc) is 2.38. The second kappa shape index (κ2) is 6.45. The maximum absolute atomic E-state index is 5.43. The molecule has 1 aliphatic rings. The van der Waals surface area contributed by atoms with Crippen LogP contribution in [0.3, 0.4) is 0 Å². The largest absolute Gasteiger partial charge is 0.468 e. The summed E-state index contributed by atoms with van der Waals surface area (Å²) in [6.07, 6.45) is 8.87. The predicted octanol–water partition coefficient (Wildman–Crippen LogP) is 4.02. The monoisotopic (exact) mass is 232 g/mol. The summed E-state index contributed by atoms with van der Waals surface area (Å²) in [4.78, 5) is 0. The third kappa shape index (κ3) is 3.90. The van der Waals surface area contributed by atoms with Crippen LogP contribution in [0.2, 0.25) is 0 Å². The molecular weight excluding hydrogens is 212 g/mol. The van der Waals surface area contributed by atoms with Crippen molar-refractivity contribution in [2.45, 2.75) is 32.1 Å². The van der Waals surface area contributed by atoms with Crippen molar-refractivity contribution in [2.24, 2.45) is 0 Å². The van der Waals surface area contributed by atoms with Gasteiger partial charge in [-0.2, -0.15) is 0 Å². The van der Waals surface area contributed by atoms with Gasteiger partial charge in [-0.3, -0.25) is 0 Å². The van der Waals surface area contributed by atoms with Crippen LogP contribution in [-0.4, -0.2) is 13.9 Å². The second-order valence-electron chi connectivity index (χ2n) is 4.49. The van der Waals surface area contributed by atoms with Gasteiger partial charge in [0.15, 0.2) is 6.79 Å². The molecule has 1 fully saturated rings. The van der Waals surface area contributed by atoms with Crippen LogP contribution in [-0.2, 0) is 4.74 Å². The highest BCUT2D eigenvalue weighted by Crippen LogP contribution is 2.25. The number of rotatable bonds is 4. The van der Waals surface area contributed by atoms with Crippen LogP contribution >= 0.6 is 0 Å². The number of benzene rings is 1. The van der Waals surface area contributed by atoms with Crippen molar-refractivity contribution in [1.82, 2.24) is 0 Å². The number of methoxy groups -OCH3 is 1. The predicted molar refractivity (Wildman–Crippen MR) is 70.0 cm³/mol. The highest BCUT2D eigenvalue weighted by Gasteiger charge is 2.05. The maximum atomic E-state index is 5.43. The Morgan fingerprint density at radius 3 is 2.76 bits per heavy atom. The van der Waals surface area contributed by atoms with Crippen molar-refractivity contribution in [2.75, 3.05) is 13.9 Å². The average molecular weight is 232 g/mol. The molecule has 0 radical (unpaired) electrons. The van der Waals surface area contributed by atoms with Gasteiger partial charge in [-0.15, -0.1) is 0 Å². The lowest BCUT2D eigenvalue weighted by Crippen LogP contribution is -1.98. The zero-order valence-corrected chi connectivity index (χ0v) is 10.4. The molecule has 0 N–H and O–H groups in total. The Balaban J connectivity index is 2.04. The van der Waals surface area contributed by atoms with E-state index in [9.17, 15) is 0 Å². The van der Waals surface area contributed by atoms with Crippen LogP contribution in [0.4, 0.5) is 0 Å². The van der Waals surface area contributed by atoms with Crippen molar-refractivity contribution in [3.8, 4) is 5.75 Å². The number of allylic oxidation sites excluding steroid dienone is 1. The quantitative estimate of drug-likeness (QED) is 0.730. The van der Waals surface area contributed by atoms with Gasteiger partial charge in [0.05, 0.1) is 0 Å². The first-order valence-electron chi connectivity index (χ1n) is 6.30. The van der Waals surface area contributed by atoms with E-state index in [1.807, 2.05) is 12.1 Å². The van der Waals surface area contributed by atoms with Crippen molar-refractivity contribution in [3.63, 3.8) is 0 Å². The molecule has 1 aliphatic carbocycles. The molecule has 0 bridgehead atoms. The van der Waals surface area contributed by atoms with Crippen molar-refractivity contribution in [1.29, 1.82) is 0 Å². The Morgan fingerprint density at radius 1 is 1.18 bits per heavy atom. The summed E-state index contributed by atoms with van der Waals surface area (Å²) >= 11 is 0. The first-order valence-corrected chi connectivity index (χ1v) is 6.30. The van der Waals surface area contributed by atoms with Gasteiger partial charge in [0.25, 0.3) is 0 Å². The van der Waals surface area contributed by atoms with E-state index in [4.69, 9.17) is 9.47 Å². The van der Waals surface area contributed by atoms with Crippen molar-refractivity contribution < 1.29 is 9.47 Å². The Bertz CT molecular complexity index is 374. The number of hydrogen-bond donors (Lipinski definition) is 0. The molecule has 2 heteroatoms. The van der Waals surface area contributed by atoms with E-state index in [0.29, 0.717) is 6.79 Å². The molecule has 0 spiro atoms. The highest BCUT2D eigenvalue weighted by atomic mass is 16.7. The molecule has 0 atom stereocenters. The summed E-state index contributed by atoms with van der Waals surface area (Å²) in [5.74, 6) is 0.872. The molecule has 92 valence electrons. The Morgan fingerprint density at radius 2 is 2.00 bits per heavy atom. The summed E-state index contributed by atoms with van der Waals surface area (Å²) in [6.45, 7) is 0.306. The van der Waals surface area contributed by atoms with Gasteiger partial charge < -0.3 is 9.47 Å². The third-order valence-electron chi connectivity index (χ3n) is 3.07. The van der Waals surface area contributed by atoms with Crippen LogP contribution in [0.1, 0.15) is 37.7 Å². The number of hydrogen-bond acceptors (Lipinski definition) is 2. The molecule has 0 aliphatic heterocycles. The minimum atomic E-state index is 0.306. The van der Waals surface area contributed by atoms with Crippen molar-refractivity contribution >= 4 is 6.08 Å². The van der Waals surface area contributed by atoms with E-state index < -0.39 is 0 Å². The van der Waals surface area contributed by atoms with Gasteiger partial charge in [-0.25, -0.2) is 0 Å². The molecule has 0 aromatic heterocycles. The SMILES string of the molecule is COCOc1cccc(C=C2CCCCC2)c1. The fourth-order valence-corrected chi connectivity index (χ4v) is 2.21. The Hall–Kier alpha value is -1.28. The van der Waals surface area contributed by atoms with E-state index in [0.717, 1.165) is 5.75 Å². The zero-order valence-electron chi connectivity index (χ0n) is 10.4. The first kappa shape index (κ1) is 12.2. The van der Waals surface area contributed by atoms with E-state index >= 15 is 0 Å².